The number of nitrogens with zero attached hydrogens (tertiary/aromatic N) is 1. The molecule has 0 aliphatic heterocycles. The second kappa shape index (κ2) is 16.9. The summed E-state index contributed by atoms with van der Waals surface area (Å²) in [5, 5.41) is 42.7. The molecular weight excluding hydrogens is 739 g/mol. The lowest BCUT2D eigenvalue weighted by Crippen LogP contribution is -2.50. The molecule has 56 heavy (non-hydrogen) atoms. The minimum atomic E-state index is -0.583. The summed E-state index contributed by atoms with van der Waals surface area (Å²) in [6, 6.07) is 11.7. The zero-order valence-corrected chi connectivity index (χ0v) is 34.7. The van der Waals surface area contributed by atoms with Crippen molar-refractivity contribution in [2.75, 3.05) is 39.1 Å². The number of aliphatic hydroxyl groups is 2. The molecule has 7 rings (SSSR count). The standard InChI is InChI=1S/C45H57N5O4S2/c1-5-7-33-11-13-39(55-33)40-14-15-41(56-40)42(54)35-12-10-28-21-44(35)22-31(45(26-44)17-16-29(24-47-3)36(45)25-51)8-6-9-34-30(19-37(28)50-43(46)48-4)18-32(53)20-38(34)49-23-27(2)52/h11,13-15,18,20,27-29,31,35-37,47,49,51-53H,8,10,12,16-17,19,21-26H2,1-4H3,(H3,46,48,50)/t27-,28-,29-,31-,35+,36+,37+,44+,45-/m0/s1. The molecule has 4 aliphatic carbocycles. The van der Waals surface area contributed by atoms with Crippen molar-refractivity contribution in [2.45, 2.75) is 83.8 Å². The first-order valence-electron chi connectivity index (χ1n) is 20.2. The van der Waals surface area contributed by atoms with Crippen molar-refractivity contribution < 1.29 is 20.1 Å². The van der Waals surface area contributed by atoms with Crippen molar-refractivity contribution in [3.8, 4) is 39.2 Å². The summed E-state index contributed by atoms with van der Waals surface area (Å²) in [5.74, 6) is 14.7. The van der Waals surface area contributed by atoms with Crippen molar-refractivity contribution in [1.82, 2.24) is 10.6 Å². The average molecular weight is 796 g/mol. The highest BCUT2D eigenvalue weighted by molar-refractivity contribution is 7.23. The number of benzene rings is 1. The van der Waals surface area contributed by atoms with E-state index in [4.69, 9.17) is 5.73 Å². The van der Waals surface area contributed by atoms with Gasteiger partial charge in [-0.3, -0.25) is 9.79 Å². The van der Waals surface area contributed by atoms with Crippen molar-refractivity contribution >= 4 is 40.1 Å². The third-order valence-corrected chi connectivity index (χ3v) is 15.8. The van der Waals surface area contributed by atoms with Crippen LogP contribution >= 0.6 is 22.7 Å². The molecule has 4 aliphatic rings. The predicted octanol–water partition coefficient (Wildman–Crippen LogP) is 6.47. The summed E-state index contributed by atoms with van der Waals surface area (Å²) in [6.07, 6.45) is 6.91. The number of aliphatic imine (C=N–C) groups is 1. The van der Waals surface area contributed by atoms with Crippen LogP contribution in [0.1, 0.15) is 90.9 Å². The van der Waals surface area contributed by atoms with E-state index in [1.54, 1.807) is 48.8 Å². The largest absolute Gasteiger partial charge is 0.508 e. The number of hydrogen-bond acceptors (Lipinski definition) is 9. The zero-order chi connectivity index (χ0) is 39.6. The third kappa shape index (κ3) is 7.86. The van der Waals surface area contributed by atoms with E-state index in [2.05, 4.69) is 62.8 Å². The van der Waals surface area contributed by atoms with Gasteiger partial charge in [0.1, 0.15) is 5.75 Å². The molecule has 3 saturated carbocycles. The van der Waals surface area contributed by atoms with Crippen LogP contribution in [-0.4, -0.2) is 73.0 Å². The molecule has 0 unspecified atom stereocenters. The first kappa shape index (κ1) is 40.4. The van der Waals surface area contributed by atoms with Crippen LogP contribution in [0.2, 0.25) is 0 Å². The van der Waals surface area contributed by atoms with E-state index in [0.717, 1.165) is 82.1 Å². The van der Waals surface area contributed by atoms with Gasteiger partial charge in [-0.2, -0.15) is 0 Å². The smallest absolute Gasteiger partial charge is 0.188 e. The zero-order valence-electron chi connectivity index (χ0n) is 33.1. The van der Waals surface area contributed by atoms with Gasteiger partial charge in [-0.1, -0.05) is 17.8 Å². The highest BCUT2D eigenvalue weighted by atomic mass is 32.1. The topological polar surface area (TPSA) is 152 Å². The molecule has 0 radical (unpaired) electrons. The Bertz CT molecular complexity index is 2070. The monoisotopic (exact) mass is 795 g/mol. The van der Waals surface area contributed by atoms with Gasteiger partial charge in [0.2, 0.25) is 0 Å². The fourth-order valence-electron chi connectivity index (χ4n) is 11.3. The second-order valence-electron chi connectivity index (χ2n) is 16.8. The number of phenols is 1. The Balaban J connectivity index is 1.33. The van der Waals surface area contributed by atoms with Crippen LogP contribution in [0.3, 0.4) is 0 Å². The maximum Gasteiger partial charge on any atom is 0.188 e. The number of rotatable bonds is 10. The number of ketones is 1. The molecule has 11 heteroatoms. The quantitative estimate of drug-likeness (QED) is 0.0535. The number of thiophene rings is 2. The van der Waals surface area contributed by atoms with Crippen molar-refractivity contribution in [1.29, 1.82) is 0 Å². The summed E-state index contributed by atoms with van der Waals surface area (Å²) in [6.45, 7) is 4.87. The number of guanidine groups is 1. The number of fused-ring (bicyclic) bond motifs is 4. The van der Waals surface area contributed by atoms with Crippen LogP contribution in [0.5, 0.6) is 5.75 Å². The van der Waals surface area contributed by atoms with Crippen LogP contribution in [0, 0.1) is 64.1 Å². The maximum absolute atomic E-state index is 15.1. The number of nitrogens with one attached hydrogen (secondary N) is 3. The SMILES string of the molecule is CC#Cc1ccc(-c2ccc(C(=O)[C@H]3CC[C@H]4C[C@]35C[C@H](CC#Cc3c(cc(O)cc3NC[C@H](C)O)C[C@H]4NC(N)=NC)[C@]3(CC[C@@H](CNC)[C@H]3CO)C5)s2)s1. The van der Waals surface area contributed by atoms with Gasteiger partial charge in [0.15, 0.2) is 11.7 Å². The second-order valence-corrected chi connectivity index (χ2v) is 19.0. The van der Waals surface area contributed by atoms with Crippen LogP contribution in [0.25, 0.3) is 9.75 Å². The van der Waals surface area contributed by atoms with Crippen LogP contribution in [0.15, 0.2) is 41.4 Å². The summed E-state index contributed by atoms with van der Waals surface area (Å²) in [7, 11) is 3.68. The number of aromatic hydroxyl groups is 1. The summed E-state index contributed by atoms with van der Waals surface area (Å²) < 4.78 is 0. The van der Waals surface area contributed by atoms with Crippen LogP contribution in [0.4, 0.5) is 5.69 Å². The van der Waals surface area contributed by atoms with E-state index in [1.807, 2.05) is 20.0 Å². The number of nitrogens with two attached hydrogens (primary N) is 1. The Labute approximate surface area is 340 Å². The van der Waals surface area contributed by atoms with Crippen molar-refractivity contribution in [3.05, 3.63) is 57.3 Å². The number of aliphatic hydroxyl groups excluding tert-OH is 2. The van der Waals surface area contributed by atoms with E-state index >= 15 is 4.79 Å². The van der Waals surface area contributed by atoms with Gasteiger partial charge in [-0.15, -0.1) is 28.6 Å². The van der Waals surface area contributed by atoms with Gasteiger partial charge in [-0.25, -0.2) is 0 Å². The van der Waals surface area contributed by atoms with E-state index in [9.17, 15) is 15.3 Å². The number of hydrogen-bond donors (Lipinski definition) is 7. The van der Waals surface area contributed by atoms with E-state index in [1.165, 1.54) is 0 Å². The number of anilines is 1. The predicted molar refractivity (Wildman–Crippen MR) is 228 cm³/mol. The summed E-state index contributed by atoms with van der Waals surface area (Å²) in [4.78, 5) is 23.4. The van der Waals surface area contributed by atoms with Gasteiger partial charge in [0.25, 0.3) is 0 Å². The van der Waals surface area contributed by atoms with Crippen molar-refractivity contribution in [3.63, 3.8) is 0 Å². The van der Waals surface area contributed by atoms with E-state index in [-0.39, 0.29) is 58.7 Å². The lowest BCUT2D eigenvalue weighted by molar-refractivity contribution is 0.0187. The van der Waals surface area contributed by atoms with Gasteiger partial charge in [0.05, 0.1) is 27.1 Å². The fraction of sp³-hybridized carbons (Fsp3) is 0.556. The molecule has 8 N–H and O–H groups in total. The molecule has 9 nitrogen and oxygen atoms in total. The highest BCUT2D eigenvalue weighted by Gasteiger charge is 2.64. The molecule has 0 saturated heterocycles. The first-order valence-corrected chi connectivity index (χ1v) is 21.8. The minimum Gasteiger partial charge on any atom is -0.508 e. The number of carbonyl (C=O) groups is 1. The number of phenolic OH excluding ortho intramolecular Hbond substituents is 1. The first-order chi connectivity index (χ1) is 27.0. The number of carbonyl (C=O) groups excluding carboxylic acids is 1. The van der Waals surface area contributed by atoms with Gasteiger partial charge in [-0.05, 0) is 149 Å². The van der Waals surface area contributed by atoms with Crippen LogP contribution in [-0.2, 0) is 6.42 Å². The Morgan fingerprint density at radius 3 is 2.70 bits per heavy atom. The molecule has 1 aromatic carbocycles. The van der Waals surface area contributed by atoms with E-state index < -0.39 is 6.10 Å². The van der Waals surface area contributed by atoms with Gasteiger partial charge < -0.3 is 37.0 Å². The molecule has 298 valence electrons. The number of Topliss-reactive ketones (excluding diaryl/α,β-unsaturated/α-hetero) is 1. The Kier molecular flexibility index (Phi) is 12.2. The molecule has 3 fully saturated rings. The molecular formula is C45H57N5O4S2. The third-order valence-electron chi connectivity index (χ3n) is 13.5. The van der Waals surface area contributed by atoms with Crippen molar-refractivity contribution in [2.24, 2.45) is 51.1 Å². The van der Waals surface area contributed by atoms with Gasteiger partial charge in [0, 0.05) is 54.4 Å². The molecule has 3 bridgehead atoms. The highest BCUT2D eigenvalue weighted by Crippen LogP contribution is 2.70. The summed E-state index contributed by atoms with van der Waals surface area (Å²) in [5.41, 5.74) is 8.43. The maximum atomic E-state index is 15.1. The summed E-state index contributed by atoms with van der Waals surface area (Å²) >= 11 is 3.26. The lowest BCUT2D eigenvalue weighted by Gasteiger charge is -2.48. The normalized spacial score (nSPS) is 30.2. The Morgan fingerprint density at radius 1 is 1.14 bits per heavy atom. The molecule has 2 aromatic heterocycles. The Morgan fingerprint density at radius 2 is 1.95 bits per heavy atom. The molecule has 2 heterocycles. The van der Waals surface area contributed by atoms with Crippen LogP contribution < -0.4 is 21.7 Å². The lowest BCUT2D eigenvalue weighted by atomic mass is 9.57. The molecule has 9 atom stereocenters. The fourth-order valence-corrected chi connectivity index (χ4v) is 13.3. The molecule has 3 aromatic rings. The minimum absolute atomic E-state index is 0.110. The molecule has 2 spiro atoms. The Hall–Kier alpha value is -3.84. The molecule has 0 amide bonds. The van der Waals surface area contributed by atoms with Gasteiger partial charge >= 0.3 is 0 Å². The average Bonchev–Trinajstić information content (AvgIpc) is 3.97. The van der Waals surface area contributed by atoms with E-state index in [0.29, 0.717) is 37.0 Å².